The minimum Gasteiger partial charge on any atom is -0.462 e. The van der Waals surface area contributed by atoms with E-state index in [1.165, 1.54) is 109 Å². The van der Waals surface area contributed by atoms with Crippen molar-refractivity contribution in [3.05, 3.63) is 109 Å². The Morgan fingerprint density at radius 1 is 0.309 bits per heavy atom. The largest absolute Gasteiger partial charge is 0.462 e. The van der Waals surface area contributed by atoms with E-state index in [1.54, 1.807) is 0 Å². The molecule has 1 unspecified atom stereocenters. The van der Waals surface area contributed by atoms with Gasteiger partial charge in [-0.2, -0.15) is 0 Å². The van der Waals surface area contributed by atoms with Gasteiger partial charge in [0.25, 0.3) is 0 Å². The SMILES string of the molecule is CC/C=C/C=C/C=C/C=C/CCCCCC(=O)OCC(COC(=O)CCCCCCCCC/C=C/CCCCCCCCCC)OC(=O)CCCCCCC/C=C/C=C/C=C/C=C/CCCCC. The first-order chi connectivity index (χ1) is 33.5. The maximum absolute atomic E-state index is 12.8. The summed E-state index contributed by atoms with van der Waals surface area (Å²) in [7, 11) is 0. The van der Waals surface area contributed by atoms with Gasteiger partial charge < -0.3 is 14.2 Å². The van der Waals surface area contributed by atoms with E-state index in [2.05, 4.69) is 93.7 Å². The lowest BCUT2D eigenvalue weighted by molar-refractivity contribution is -0.167. The summed E-state index contributed by atoms with van der Waals surface area (Å²) >= 11 is 0. The van der Waals surface area contributed by atoms with Crippen LogP contribution in [0.15, 0.2) is 109 Å². The van der Waals surface area contributed by atoms with Crippen molar-refractivity contribution in [2.75, 3.05) is 13.2 Å². The Morgan fingerprint density at radius 2 is 0.588 bits per heavy atom. The van der Waals surface area contributed by atoms with Crippen LogP contribution in [0.3, 0.4) is 0 Å². The molecule has 0 radical (unpaired) electrons. The predicted molar refractivity (Wildman–Crippen MR) is 293 cm³/mol. The molecule has 0 aromatic heterocycles. The van der Waals surface area contributed by atoms with Crippen molar-refractivity contribution < 1.29 is 28.6 Å². The van der Waals surface area contributed by atoms with Crippen LogP contribution < -0.4 is 0 Å². The van der Waals surface area contributed by atoms with Gasteiger partial charge in [0.2, 0.25) is 0 Å². The number of carbonyl (C=O) groups is 3. The molecule has 6 heteroatoms. The summed E-state index contributed by atoms with van der Waals surface area (Å²) in [5, 5.41) is 0. The molecular formula is C62H102O6. The molecule has 0 aromatic rings. The summed E-state index contributed by atoms with van der Waals surface area (Å²) in [6.07, 6.45) is 75.0. The highest BCUT2D eigenvalue weighted by Crippen LogP contribution is 2.14. The van der Waals surface area contributed by atoms with E-state index in [1.807, 2.05) is 36.5 Å². The lowest BCUT2D eigenvalue weighted by atomic mass is 10.1. The van der Waals surface area contributed by atoms with Crippen molar-refractivity contribution in [1.29, 1.82) is 0 Å². The molecule has 0 amide bonds. The van der Waals surface area contributed by atoms with Crippen LogP contribution in [0.4, 0.5) is 0 Å². The highest BCUT2D eigenvalue weighted by molar-refractivity contribution is 5.71. The van der Waals surface area contributed by atoms with E-state index in [0.717, 1.165) is 96.3 Å². The van der Waals surface area contributed by atoms with Crippen molar-refractivity contribution >= 4 is 17.9 Å². The summed E-state index contributed by atoms with van der Waals surface area (Å²) in [5.74, 6) is -0.973. The van der Waals surface area contributed by atoms with Gasteiger partial charge in [-0.1, -0.05) is 246 Å². The average molecular weight is 943 g/mol. The van der Waals surface area contributed by atoms with Gasteiger partial charge in [-0.15, -0.1) is 0 Å². The smallest absolute Gasteiger partial charge is 0.306 e. The summed E-state index contributed by atoms with van der Waals surface area (Å²) in [4.78, 5) is 38.1. The summed E-state index contributed by atoms with van der Waals surface area (Å²) in [5.41, 5.74) is 0. The Morgan fingerprint density at radius 3 is 0.985 bits per heavy atom. The van der Waals surface area contributed by atoms with Crippen molar-refractivity contribution in [1.82, 2.24) is 0 Å². The van der Waals surface area contributed by atoms with Crippen LogP contribution in [0.1, 0.15) is 245 Å². The third-order valence-corrected chi connectivity index (χ3v) is 11.7. The number of esters is 3. The Hall–Kier alpha value is -3.93. The Kier molecular flexibility index (Phi) is 52.4. The fourth-order valence-electron chi connectivity index (χ4n) is 7.46. The maximum Gasteiger partial charge on any atom is 0.306 e. The number of unbranched alkanes of at least 4 members (excludes halogenated alkanes) is 26. The predicted octanol–water partition coefficient (Wildman–Crippen LogP) is 18.7. The van der Waals surface area contributed by atoms with Crippen LogP contribution in [-0.2, 0) is 28.6 Å². The Labute approximate surface area is 419 Å². The quantitative estimate of drug-likeness (QED) is 0.0199. The molecule has 0 fully saturated rings. The van der Waals surface area contributed by atoms with Crippen LogP contribution in [0, 0.1) is 0 Å². The molecular weight excluding hydrogens is 841 g/mol. The fraction of sp³-hybridized carbons (Fsp3) is 0.661. The molecule has 0 rings (SSSR count). The average Bonchev–Trinajstić information content (AvgIpc) is 3.34. The first-order valence-electron chi connectivity index (χ1n) is 28.0. The van der Waals surface area contributed by atoms with Crippen LogP contribution >= 0.6 is 0 Å². The van der Waals surface area contributed by atoms with E-state index in [-0.39, 0.29) is 37.5 Å². The summed E-state index contributed by atoms with van der Waals surface area (Å²) in [6, 6.07) is 0. The van der Waals surface area contributed by atoms with E-state index in [0.29, 0.717) is 12.8 Å². The van der Waals surface area contributed by atoms with Crippen LogP contribution in [0.2, 0.25) is 0 Å². The Balaban J connectivity index is 4.48. The molecule has 1 atom stereocenters. The van der Waals surface area contributed by atoms with E-state index in [9.17, 15) is 14.4 Å². The molecule has 0 heterocycles. The number of allylic oxidation sites excluding steroid dienone is 18. The van der Waals surface area contributed by atoms with Gasteiger partial charge in [0.05, 0.1) is 0 Å². The molecule has 0 bridgehead atoms. The molecule has 0 spiro atoms. The van der Waals surface area contributed by atoms with Gasteiger partial charge in [-0.05, 0) is 89.9 Å². The lowest BCUT2D eigenvalue weighted by Gasteiger charge is -2.18. The molecule has 68 heavy (non-hydrogen) atoms. The number of hydrogen-bond donors (Lipinski definition) is 0. The van der Waals surface area contributed by atoms with Gasteiger partial charge in [-0.3, -0.25) is 14.4 Å². The minimum absolute atomic E-state index is 0.105. The summed E-state index contributed by atoms with van der Waals surface area (Å²) in [6.45, 7) is 6.40. The second-order valence-electron chi connectivity index (χ2n) is 18.3. The Bertz CT molecular complexity index is 1410. The number of ether oxygens (including phenoxy) is 3. The molecule has 0 saturated carbocycles. The van der Waals surface area contributed by atoms with E-state index < -0.39 is 6.10 Å². The zero-order chi connectivity index (χ0) is 49.3. The molecule has 386 valence electrons. The highest BCUT2D eigenvalue weighted by atomic mass is 16.6. The topological polar surface area (TPSA) is 78.9 Å². The van der Waals surface area contributed by atoms with Crippen LogP contribution in [0.25, 0.3) is 0 Å². The molecule has 0 aliphatic carbocycles. The zero-order valence-corrected chi connectivity index (χ0v) is 44.1. The van der Waals surface area contributed by atoms with Gasteiger partial charge in [-0.25, -0.2) is 0 Å². The highest BCUT2D eigenvalue weighted by Gasteiger charge is 2.19. The fourth-order valence-corrected chi connectivity index (χ4v) is 7.46. The van der Waals surface area contributed by atoms with Crippen molar-refractivity contribution in [3.8, 4) is 0 Å². The van der Waals surface area contributed by atoms with Gasteiger partial charge in [0.1, 0.15) is 13.2 Å². The lowest BCUT2D eigenvalue weighted by Crippen LogP contribution is -2.30. The molecule has 6 nitrogen and oxygen atoms in total. The molecule has 0 aliphatic heterocycles. The molecule has 0 aliphatic rings. The maximum atomic E-state index is 12.8. The molecule has 0 aromatic carbocycles. The monoisotopic (exact) mass is 943 g/mol. The number of rotatable bonds is 49. The first-order valence-corrected chi connectivity index (χ1v) is 28.0. The third kappa shape index (κ3) is 53.0. The molecule has 0 saturated heterocycles. The second-order valence-corrected chi connectivity index (χ2v) is 18.3. The van der Waals surface area contributed by atoms with Gasteiger partial charge in [0.15, 0.2) is 6.10 Å². The van der Waals surface area contributed by atoms with E-state index >= 15 is 0 Å². The standard InChI is InChI=1S/C62H102O6/c1-4-7-10-13-16-19-22-25-27-29-31-33-34-37-40-43-46-49-52-55-61(64)67-58-59(57-66-60(63)54-51-48-45-42-39-36-24-21-18-15-12-9-6-3)68-62(65)56-53-50-47-44-41-38-35-32-30-28-26-23-20-17-14-11-8-5-2/h9,12,15,17-18,20-21,23-24,26,28-32,35-36,39,59H,4-8,10-11,13-14,16,19,22,25,27,33-34,37-38,40-58H2,1-3H3/b12-9+,18-15+,20-17+,24-21+,26-23+,30-28+,31-29+,35-32+,39-36+. The van der Waals surface area contributed by atoms with E-state index in [4.69, 9.17) is 14.2 Å². The summed E-state index contributed by atoms with van der Waals surface area (Å²) < 4.78 is 16.8. The van der Waals surface area contributed by atoms with Crippen molar-refractivity contribution in [2.45, 2.75) is 252 Å². The van der Waals surface area contributed by atoms with Crippen molar-refractivity contribution in [2.24, 2.45) is 0 Å². The van der Waals surface area contributed by atoms with Gasteiger partial charge in [0, 0.05) is 19.3 Å². The number of carbonyl (C=O) groups excluding carboxylic acids is 3. The minimum atomic E-state index is -0.811. The normalized spacial score (nSPS) is 12.9. The molecule has 0 N–H and O–H groups in total. The van der Waals surface area contributed by atoms with Crippen LogP contribution in [0.5, 0.6) is 0 Å². The third-order valence-electron chi connectivity index (χ3n) is 11.7. The van der Waals surface area contributed by atoms with Gasteiger partial charge >= 0.3 is 17.9 Å². The van der Waals surface area contributed by atoms with Crippen molar-refractivity contribution in [3.63, 3.8) is 0 Å². The zero-order valence-electron chi connectivity index (χ0n) is 44.1. The second kappa shape index (κ2) is 55.7. The number of hydrogen-bond acceptors (Lipinski definition) is 6. The van der Waals surface area contributed by atoms with Crippen LogP contribution in [-0.4, -0.2) is 37.2 Å². The first kappa shape index (κ1) is 64.1.